The molecule has 0 saturated carbocycles. The molecule has 1 aliphatic heterocycles. The number of amides is 1. The molecule has 1 aliphatic rings. The number of carboxylic acids is 1. The molecule has 0 aromatic heterocycles. The number of aliphatic carboxylic acids is 1. The molecular weight excluding hydrogens is 248 g/mol. The van der Waals surface area contributed by atoms with Gasteiger partial charge in [-0.05, 0) is 18.9 Å². The zero-order valence-corrected chi connectivity index (χ0v) is 11.7. The van der Waals surface area contributed by atoms with E-state index < -0.39 is 12.0 Å². The van der Waals surface area contributed by atoms with Crippen LogP contribution in [0.5, 0.6) is 0 Å². The predicted octanol–water partition coefficient (Wildman–Crippen LogP) is 0.324. The summed E-state index contributed by atoms with van der Waals surface area (Å²) < 4.78 is 5.19. The van der Waals surface area contributed by atoms with Gasteiger partial charge in [-0.25, -0.2) is 0 Å². The molecule has 6 nitrogen and oxygen atoms in total. The van der Waals surface area contributed by atoms with E-state index in [2.05, 4.69) is 5.32 Å². The third kappa shape index (κ3) is 5.57. The van der Waals surface area contributed by atoms with E-state index in [1.165, 1.54) is 0 Å². The Morgan fingerprint density at radius 2 is 1.95 bits per heavy atom. The highest BCUT2D eigenvalue weighted by Crippen LogP contribution is 2.04. The van der Waals surface area contributed by atoms with Gasteiger partial charge in [-0.2, -0.15) is 0 Å². The van der Waals surface area contributed by atoms with Crippen LogP contribution in [-0.4, -0.2) is 60.8 Å². The molecule has 0 spiro atoms. The van der Waals surface area contributed by atoms with Crippen LogP contribution in [0.2, 0.25) is 0 Å². The van der Waals surface area contributed by atoms with Crippen LogP contribution in [0.25, 0.3) is 0 Å². The first-order valence-electron chi connectivity index (χ1n) is 6.84. The van der Waals surface area contributed by atoms with E-state index in [-0.39, 0.29) is 11.8 Å². The van der Waals surface area contributed by atoms with Crippen molar-refractivity contribution in [2.45, 2.75) is 32.7 Å². The number of hydrogen-bond acceptors (Lipinski definition) is 4. The Morgan fingerprint density at radius 3 is 2.47 bits per heavy atom. The van der Waals surface area contributed by atoms with E-state index >= 15 is 0 Å². The molecule has 1 atom stereocenters. The molecule has 1 fully saturated rings. The largest absolute Gasteiger partial charge is 0.480 e. The molecule has 0 aromatic carbocycles. The molecule has 1 rings (SSSR count). The fraction of sp³-hybridized carbons (Fsp3) is 0.846. The number of nitrogens with one attached hydrogen (secondary N) is 1. The fourth-order valence-electron chi connectivity index (χ4n) is 2.08. The second kappa shape index (κ2) is 8.12. The van der Waals surface area contributed by atoms with E-state index in [4.69, 9.17) is 9.84 Å². The number of carbonyl (C=O) groups excluding carboxylic acids is 1. The average Bonchev–Trinajstić information content (AvgIpc) is 2.38. The van der Waals surface area contributed by atoms with E-state index in [9.17, 15) is 9.59 Å². The highest BCUT2D eigenvalue weighted by atomic mass is 16.5. The van der Waals surface area contributed by atoms with Crippen molar-refractivity contribution in [2.75, 3.05) is 32.8 Å². The molecule has 1 amide bonds. The summed E-state index contributed by atoms with van der Waals surface area (Å²) in [4.78, 5) is 24.6. The molecule has 1 unspecified atom stereocenters. The van der Waals surface area contributed by atoms with Gasteiger partial charge in [0.25, 0.3) is 0 Å². The first-order chi connectivity index (χ1) is 9.02. The lowest BCUT2D eigenvalue weighted by Gasteiger charge is -2.27. The average molecular weight is 272 g/mol. The van der Waals surface area contributed by atoms with Gasteiger partial charge in [0, 0.05) is 19.5 Å². The Balaban J connectivity index is 2.18. The van der Waals surface area contributed by atoms with Gasteiger partial charge in [0.1, 0.15) is 6.04 Å². The third-order valence-corrected chi connectivity index (χ3v) is 3.23. The molecule has 0 aromatic rings. The van der Waals surface area contributed by atoms with Crippen LogP contribution in [0, 0.1) is 5.92 Å². The Hall–Kier alpha value is -1.14. The van der Waals surface area contributed by atoms with E-state index in [1.54, 1.807) is 4.90 Å². The van der Waals surface area contributed by atoms with E-state index in [0.29, 0.717) is 45.7 Å². The van der Waals surface area contributed by atoms with Crippen LogP contribution < -0.4 is 5.32 Å². The van der Waals surface area contributed by atoms with Gasteiger partial charge in [0.05, 0.1) is 13.2 Å². The first-order valence-corrected chi connectivity index (χ1v) is 6.84. The van der Waals surface area contributed by atoms with Gasteiger partial charge in [0.2, 0.25) is 5.91 Å². The third-order valence-electron chi connectivity index (χ3n) is 3.23. The van der Waals surface area contributed by atoms with Crippen molar-refractivity contribution in [3.05, 3.63) is 0 Å². The molecular formula is C13H24N2O4. The number of nitrogens with zero attached hydrogens (tertiary/aromatic N) is 1. The summed E-state index contributed by atoms with van der Waals surface area (Å²) in [5.74, 6) is -0.677. The van der Waals surface area contributed by atoms with Gasteiger partial charge in [0.15, 0.2) is 0 Å². The van der Waals surface area contributed by atoms with Crippen molar-refractivity contribution >= 4 is 11.9 Å². The van der Waals surface area contributed by atoms with Gasteiger partial charge < -0.3 is 20.1 Å². The van der Waals surface area contributed by atoms with Gasteiger partial charge in [-0.3, -0.25) is 9.59 Å². The fourth-order valence-corrected chi connectivity index (χ4v) is 2.08. The van der Waals surface area contributed by atoms with Crippen molar-refractivity contribution in [3.63, 3.8) is 0 Å². The standard InChI is InChI=1S/C13H24N2O4/c1-10(2)12(13(17)18)14-5-3-4-11(16)15-6-8-19-9-7-15/h10,12,14H,3-9H2,1-2H3,(H,17,18). The summed E-state index contributed by atoms with van der Waals surface area (Å²) >= 11 is 0. The molecule has 110 valence electrons. The minimum Gasteiger partial charge on any atom is -0.480 e. The Kier molecular flexibility index (Phi) is 6.80. The zero-order chi connectivity index (χ0) is 14.3. The summed E-state index contributed by atoms with van der Waals surface area (Å²) in [6.45, 7) is 6.82. The molecule has 6 heteroatoms. The number of carbonyl (C=O) groups is 2. The molecule has 1 heterocycles. The van der Waals surface area contributed by atoms with Crippen molar-refractivity contribution in [1.82, 2.24) is 10.2 Å². The lowest BCUT2D eigenvalue weighted by Crippen LogP contribution is -2.42. The maximum atomic E-state index is 11.8. The predicted molar refractivity (Wildman–Crippen MR) is 70.9 cm³/mol. The lowest BCUT2D eigenvalue weighted by atomic mass is 10.0. The SMILES string of the molecule is CC(C)C(NCCCC(=O)N1CCOCC1)C(=O)O. The molecule has 0 radical (unpaired) electrons. The molecule has 0 bridgehead atoms. The van der Waals surface area contributed by atoms with Crippen LogP contribution in [0.15, 0.2) is 0 Å². The molecule has 0 aliphatic carbocycles. The Morgan fingerprint density at radius 1 is 1.32 bits per heavy atom. The van der Waals surface area contributed by atoms with Crippen LogP contribution in [0.1, 0.15) is 26.7 Å². The Bertz CT molecular complexity index is 301. The summed E-state index contributed by atoms with van der Waals surface area (Å²) in [5.41, 5.74) is 0. The maximum absolute atomic E-state index is 11.8. The molecule has 2 N–H and O–H groups in total. The van der Waals surface area contributed by atoms with Gasteiger partial charge in [-0.1, -0.05) is 13.8 Å². The van der Waals surface area contributed by atoms with Crippen molar-refractivity contribution < 1.29 is 19.4 Å². The van der Waals surface area contributed by atoms with Gasteiger partial charge >= 0.3 is 5.97 Å². The van der Waals surface area contributed by atoms with Crippen LogP contribution in [0.4, 0.5) is 0 Å². The topological polar surface area (TPSA) is 78.9 Å². The maximum Gasteiger partial charge on any atom is 0.320 e. The van der Waals surface area contributed by atoms with Crippen LogP contribution in [0.3, 0.4) is 0 Å². The number of morpholine rings is 1. The van der Waals surface area contributed by atoms with Crippen LogP contribution in [-0.2, 0) is 14.3 Å². The highest BCUT2D eigenvalue weighted by Gasteiger charge is 2.21. The summed E-state index contributed by atoms with van der Waals surface area (Å²) in [6.07, 6.45) is 1.12. The normalized spacial score (nSPS) is 17.5. The van der Waals surface area contributed by atoms with Crippen molar-refractivity contribution in [3.8, 4) is 0 Å². The zero-order valence-electron chi connectivity index (χ0n) is 11.7. The number of rotatable bonds is 7. The van der Waals surface area contributed by atoms with Crippen LogP contribution >= 0.6 is 0 Å². The van der Waals surface area contributed by atoms with Crippen molar-refractivity contribution in [1.29, 1.82) is 0 Å². The summed E-state index contributed by atoms with van der Waals surface area (Å²) in [7, 11) is 0. The summed E-state index contributed by atoms with van der Waals surface area (Å²) in [6, 6.07) is -0.543. The minimum atomic E-state index is -0.838. The minimum absolute atomic E-state index is 0.0347. The highest BCUT2D eigenvalue weighted by molar-refractivity contribution is 5.76. The quantitative estimate of drug-likeness (QED) is 0.653. The number of hydrogen-bond donors (Lipinski definition) is 2. The molecule has 19 heavy (non-hydrogen) atoms. The Labute approximate surface area is 114 Å². The van der Waals surface area contributed by atoms with E-state index in [1.807, 2.05) is 13.8 Å². The monoisotopic (exact) mass is 272 g/mol. The lowest BCUT2D eigenvalue weighted by molar-refractivity contribution is -0.140. The molecule has 1 saturated heterocycles. The second-order valence-electron chi connectivity index (χ2n) is 5.11. The van der Waals surface area contributed by atoms with E-state index in [0.717, 1.165) is 0 Å². The number of ether oxygens (including phenoxy) is 1. The van der Waals surface area contributed by atoms with Gasteiger partial charge in [-0.15, -0.1) is 0 Å². The second-order valence-corrected chi connectivity index (χ2v) is 5.11. The summed E-state index contributed by atoms with van der Waals surface area (Å²) in [5, 5.41) is 12.0. The first kappa shape index (κ1) is 15.9. The number of carboxylic acid groups (broad SMARTS) is 1. The van der Waals surface area contributed by atoms with Crippen molar-refractivity contribution in [2.24, 2.45) is 5.92 Å². The smallest absolute Gasteiger partial charge is 0.320 e.